The third-order valence-corrected chi connectivity index (χ3v) is 4.67. The van der Waals surface area contributed by atoms with Crippen LogP contribution < -0.4 is 10.6 Å². The van der Waals surface area contributed by atoms with Crippen LogP contribution >= 0.6 is 11.5 Å². The lowest BCUT2D eigenvalue weighted by atomic mass is 10.0. The van der Waals surface area contributed by atoms with E-state index in [1.54, 1.807) is 0 Å². The van der Waals surface area contributed by atoms with E-state index < -0.39 is 0 Å². The molecule has 1 aromatic heterocycles. The molecule has 4 heteroatoms. The van der Waals surface area contributed by atoms with Crippen molar-refractivity contribution in [3.63, 3.8) is 0 Å². The van der Waals surface area contributed by atoms with Gasteiger partial charge in [0.15, 0.2) is 0 Å². The molecule has 2 N–H and O–H groups in total. The fourth-order valence-electron chi connectivity index (χ4n) is 2.50. The van der Waals surface area contributed by atoms with E-state index in [9.17, 15) is 0 Å². The number of aromatic nitrogens is 1. The Kier molecular flexibility index (Phi) is 2.96. The first-order chi connectivity index (χ1) is 8.75. The lowest BCUT2D eigenvalue weighted by Crippen LogP contribution is -2.25. The van der Waals surface area contributed by atoms with Crippen molar-refractivity contribution in [1.29, 1.82) is 0 Å². The maximum Gasteiger partial charge on any atom is 0.142 e. The molecule has 1 aliphatic heterocycles. The van der Waals surface area contributed by atoms with Gasteiger partial charge in [0, 0.05) is 18.7 Å². The minimum atomic E-state index is 0.678. The van der Waals surface area contributed by atoms with Gasteiger partial charge in [0.2, 0.25) is 0 Å². The van der Waals surface area contributed by atoms with Gasteiger partial charge in [0.25, 0.3) is 0 Å². The topological polar surface area (TPSA) is 42.1 Å². The molecule has 3 nitrogen and oxygen atoms in total. The summed E-state index contributed by atoms with van der Waals surface area (Å²) in [5, 5.41) is 1.24. The second-order valence-corrected chi connectivity index (χ2v) is 5.51. The zero-order valence-corrected chi connectivity index (χ0v) is 11.3. The number of nitrogens with zero attached hydrogens (tertiary/aromatic N) is 2. The van der Waals surface area contributed by atoms with Crippen molar-refractivity contribution >= 4 is 22.4 Å². The van der Waals surface area contributed by atoms with Gasteiger partial charge < -0.3 is 10.6 Å². The summed E-state index contributed by atoms with van der Waals surface area (Å²) in [6, 6.07) is 8.74. The van der Waals surface area contributed by atoms with Crippen molar-refractivity contribution in [3.05, 3.63) is 41.0 Å². The Labute approximate surface area is 111 Å². The molecule has 0 aliphatic carbocycles. The number of fused-ring (bicyclic) bond motifs is 1. The molecule has 1 aliphatic rings. The Hall–Kier alpha value is -1.55. The molecule has 0 spiro atoms. The third kappa shape index (κ3) is 1.97. The first-order valence-electron chi connectivity index (χ1n) is 6.29. The van der Waals surface area contributed by atoms with Gasteiger partial charge in [0.1, 0.15) is 10.8 Å². The molecule has 1 aromatic carbocycles. The lowest BCUT2D eigenvalue weighted by Gasteiger charge is -2.20. The number of benzene rings is 1. The zero-order chi connectivity index (χ0) is 12.5. The van der Waals surface area contributed by atoms with E-state index in [4.69, 9.17) is 5.73 Å². The molecule has 3 rings (SSSR count). The number of nitrogens with two attached hydrogens (primary N) is 1. The summed E-state index contributed by atoms with van der Waals surface area (Å²) in [6.07, 6.45) is 2.21. The number of hydrogen-bond acceptors (Lipinski definition) is 4. The predicted molar refractivity (Wildman–Crippen MR) is 77.3 cm³/mol. The van der Waals surface area contributed by atoms with Crippen molar-refractivity contribution in [2.75, 3.05) is 23.7 Å². The van der Waals surface area contributed by atoms with Crippen LogP contribution in [-0.4, -0.2) is 17.5 Å². The van der Waals surface area contributed by atoms with Crippen molar-refractivity contribution < 1.29 is 0 Å². The monoisotopic (exact) mass is 259 g/mol. The molecule has 18 heavy (non-hydrogen) atoms. The molecular weight excluding hydrogens is 242 g/mol. The van der Waals surface area contributed by atoms with Crippen LogP contribution in [0.5, 0.6) is 0 Å². The third-order valence-electron chi connectivity index (χ3n) is 3.64. The van der Waals surface area contributed by atoms with Crippen LogP contribution in [0.1, 0.15) is 16.7 Å². The lowest BCUT2D eigenvalue weighted by molar-refractivity contribution is 0.811. The number of rotatable bonds is 1. The number of nitrogen functional groups attached to an aromatic ring is 1. The van der Waals surface area contributed by atoms with Gasteiger partial charge in [0.05, 0.1) is 0 Å². The molecule has 0 bridgehead atoms. The van der Waals surface area contributed by atoms with E-state index in [-0.39, 0.29) is 0 Å². The van der Waals surface area contributed by atoms with E-state index >= 15 is 0 Å². The maximum absolute atomic E-state index is 5.84. The molecule has 0 fully saturated rings. The van der Waals surface area contributed by atoms with E-state index in [1.807, 2.05) is 0 Å². The summed E-state index contributed by atoms with van der Waals surface area (Å²) in [7, 11) is 0. The smallest absolute Gasteiger partial charge is 0.142 e. The van der Waals surface area contributed by atoms with Gasteiger partial charge >= 0.3 is 0 Å². The van der Waals surface area contributed by atoms with Crippen molar-refractivity contribution in [2.24, 2.45) is 0 Å². The zero-order valence-electron chi connectivity index (χ0n) is 10.5. The van der Waals surface area contributed by atoms with Crippen molar-refractivity contribution in [2.45, 2.75) is 19.8 Å². The molecule has 2 heterocycles. The molecule has 94 valence electrons. The molecule has 2 aromatic rings. The molecule has 0 saturated heterocycles. The van der Waals surface area contributed by atoms with Gasteiger partial charge in [-0.1, -0.05) is 24.3 Å². The molecule has 0 saturated carbocycles. The fourth-order valence-corrected chi connectivity index (χ4v) is 3.37. The van der Waals surface area contributed by atoms with Crippen LogP contribution in [0.4, 0.5) is 10.8 Å². The molecule has 0 radical (unpaired) electrons. The SMILES string of the molecule is Cc1c(N)nsc1N1CCc2ccccc2CC1. The maximum atomic E-state index is 5.84. The average molecular weight is 259 g/mol. The minimum absolute atomic E-state index is 0.678. The molecule has 0 atom stereocenters. The molecule has 0 unspecified atom stereocenters. The summed E-state index contributed by atoms with van der Waals surface area (Å²) in [6.45, 7) is 4.17. The van der Waals surface area contributed by atoms with Crippen LogP contribution in [0.15, 0.2) is 24.3 Å². The average Bonchev–Trinajstić information content (AvgIpc) is 2.63. The van der Waals surface area contributed by atoms with Crippen molar-refractivity contribution in [1.82, 2.24) is 4.37 Å². The Morgan fingerprint density at radius 2 is 1.78 bits per heavy atom. The standard InChI is InChI=1S/C14H17N3S/c1-10-13(15)16-18-14(10)17-8-6-11-4-2-3-5-12(11)7-9-17/h2-5H,6-9H2,1H3,(H2,15,16). The summed E-state index contributed by atoms with van der Waals surface area (Å²) >= 11 is 1.52. The van der Waals surface area contributed by atoms with Crippen molar-refractivity contribution in [3.8, 4) is 0 Å². The van der Waals surface area contributed by atoms with Gasteiger partial charge in [-0.15, -0.1) is 0 Å². The highest BCUT2D eigenvalue weighted by Gasteiger charge is 2.18. The van der Waals surface area contributed by atoms with Crippen LogP contribution in [0.2, 0.25) is 0 Å². The van der Waals surface area contributed by atoms with Gasteiger partial charge in [-0.3, -0.25) is 0 Å². The van der Waals surface area contributed by atoms with E-state index in [0.717, 1.165) is 31.5 Å². The van der Waals surface area contributed by atoms with Crippen LogP contribution in [0.25, 0.3) is 0 Å². The van der Waals surface area contributed by atoms with Gasteiger partial charge in [-0.05, 0) is 42.4 Å². The molecule has 0 amide bonds. The predicted octanol–water partition coefficient (Wildman–Crippen LogP) is 2.64. The Morgan fingerprint density at radius 3 is 2.28 bits per heavy atom. The minimum Gasteiger partial charge on any atom is -0.383 e. The van der Waals surface area contributed by atoms with Crippen LogP contribution in [0, 0.1) is 6.92 Å². The summed E-state index contributed by atoms with van der Waals surface area (Å²) in [4.78, 5) is 2.42. The number of anilines is 2. The van der Waals surface area contributed by atoms with Gasteiger partial charge in [-0.2, -0.15) is 4.37 Å². The van der Waals surface area contributed by atoms with Crippen LogP contribution in [0.3, 0.4) is 0 Å². The summed E-state index contributed by atoms with van der Waals surface area (Å²) in [5.74, 6) is 0.678. The first-order valence-corrected chi connectivity index (χ1v) is 7.06. The number of hydrogen-bond donors (Lipinski definition) is 1. The van der Waals surface area contributed by atoms with Gasteiger partial charge in [-0.25, -0.2) is 0 Å². The second kappa shape index (κ2) is 4.61. The highest BCUT2D eigenvalue weighted by molar-refractivity contribution is 7.10. The summed E-state index contributed by atoms with van der Waals surface area (Å²) in [5.41, 5.74) is 9.94. The van der Waals surface area contributed by atoms with E-state index in [2.05, 4.69) is 40.5 Å². The Balaban J connectivity index is 1.85. The fraction of sp³-hybridized carbons (Fsp3) is 0.357. The van der Waals surface area contributed by atoms with E-state index in [1.165, 1.54) is 27.7 Å². The molecular formula is C14H17N3S. The highest BCUT2D eigenvalue weighted by Crippen LogP contribution is 2.31. The highest BCUT2D eigenvalue weighted by atomic mass is 32.1. The normalized spacial score (nSPS) is 15.3. The first kappa shape index (κ1) is 11.5. The Morgan fingerprint density at radius 1 is 1.17 bits per heavy atom. The largest absolute Gasteiger partial charge is 0.383 e. The second-order valence-electron chi connectivity index (χ2n) is 4.75. The Bertz CT molecular complexity index is 535. The quantitative estimate of drug-likeness (QED) is 0.856. The van der Waals surface area contributed by atoms with E-state index in [0.29, 0.717) is 5.82 Å². The summed E-state index contributed by atoms with van der Waals surface area (Å²) < 4.78 is 4.25. The van der Waals surface area contributed by atoms with Crippen LogP contribution in [-0.2, 0) is 12.8 Å².